The number of anilines is 1. The molecule has 2 aromatic rings. The van der Waals surface area contributed by atoms with Gasteiger partial charge in [-0.25, -0.2) is 9.86 Å². The topological polar surface area (TPSA) is 59.1 Å². The number of benzene rings is 2. The molecule has 1 unspecified atom stereocenters. The van der Waals surface area contributed by atoms with Crippen LogP contribution in [0.25, 0.3) is 0 Å². The second kappa shape index (κ2) is 11.5. The number of nitrogens with zero attached hydrogens (tertiary/aromatic N) is 2. The van der Waals surface area contributed by atoms with Gasteiger partial charge in [0, 0.05) is 19.0 Å². The lowest BCUT2D eigenvalue weighted by molar-refractivity contribution is -0.143. The minimum absolute atomic E-state index is 0.0539. The predicted octanol–water partition coefficient (Wildman–Crippen LogP) is 7.52. The van der Waals surface area contributed by atoms with E-state index in [1.165, 1.54) is 6.92 Å². The van der Waals surface area contributed by atoms with E-state index in [0.29, 0.717) is 24.3 Å². The Morgan fingerprint density at radius 1 is 0.900 bits per heavy atom. The van der Waals surface area contributed by atoms with Crippen LogP contribution < -0.4 is 5.06 Å². The van der Waals surface area contributed by atoms with Crippen molar-refractivity contribution in [2.45, 2.75) is 57.8 Å². The van der Waals surface area contributed by atoms with Crippen LogP contribution in [0.3, 0.4) is 0 Å². The summed E-state index contributed by atoms with van der Waals surface area (Å²) < 4.78 is 126. The van der Waals surface area contributed by atoms with E-state index >= 15 is 0 Å². The molecule has 2 aromatic carbocycles. The molecule has 0 bridgehead atoms. The molecule has 1 aliphatic heterocycles. The van der Waals surface area contributed by atoms with Gasteiger partial charge in [-0.15, -0.1) is 0 Å². The van der Waals surface area contributed by atoms with Crippen LogP contribution in [-0.2, 0) is 39.4 Å². The summed E-state index contributed by atoms with van der Waals surface area (Å²) >= 11 is 0. The van der Waals surface area contributed by atoms with Gasteiger partial charge in [-0.2, -0.15) is 39.5 Å². The van der Waals surface area contributed by atoms with E-state index in [4.69, 9.17) is 9.57 Å². The minimum Gasteiger partial charge on any atom is -0.433 e. The summed E-state index contributed by atoms with van der Waals surface area (Å²) in [7, 11) is 0. The van der Waals surface area contributed by atoms with E-state index in [-0.39, 0.29) is 43.3 Å². The zero-order valence-electron chi connectivity index (χ0n) is 21.0. The molecule has 15 heteroatoms. The van der Waals surface area contributed by atoms with Gasteiger partial charge in [-0.1, -0.05) is 0 Å². The van der Waals surface area contributed by atoms with Crippen LogP contribution in [0.15, 0.2) is 36.4 Å². The smallest absolute Gasteiger partial charge is 0.433 e. The first kappa shape index (κ1) is 30.9. The Balaban J connectivity index is 2.13. The van der Waals surface area contributed by atoms with Crippen LogP contribution in [0.4, 0.5) is 50.0 Å². The third kappa shape index (κ3) is 7.30. The summed E-state index contributed by atoms with van der Waals surface area (Å²) in [5.41, 5.74) is -5.10. The predicted molar refractivity (Wildman–Crippen MR) is 122 cm³/mol. The Bertz CT molecular complexity index is 1210. The standard InChI is InChI=1S/C25H23F9N2O4/c1-3-39-22(38)40-36-8-4-5-20(19-12-16(23(26,27)28)6-7-21(19)36)35(14(2)37)13-15-9-17(24(29,30)31)11-18(10-15)25(32,33)34/h6-7,9-12,20H,3-5,8,13H2,1-2H3. The number of ether oxygens (including phenoxy) is 1. The lowest BCUT2D eigenvalue weighted by Crippen LogP contribution is -2.33. The fourth-order valence-electron chi connectivity index (χ4n) is 4.33. The zero-order valence-corrected chi connectivity index (χ0v) is 21.0. The van der Waals surface area contributed by atoms with Gasteiger partial charge in [0.25, 0.3) is 0 Å². The number of rotatable bonds is 5. The Morgan fingerprint density at radius 2 is 1.48 bits per heavy atom. The van der Waals surface area contributed by atoms with Crippen molar-refractivity contribution in [2.24, 2.45) is 0 Å². The van der Waals surface area contributed by atoms with Crippen molar-refractivity contribution in [2.75, 3.05) is 18.2 Å². The number of fused-ring (bicyclic) bond motifs is 1. The third-order valence-electron chi connectivity index (χ3n) is 6.05. The maximum atomic E-state index is 13.6. The van der Waals surface area contributed by atoms with Crippen molar-refractivity contribution in [3.05, 3.63) is 64.2 Å². The zero-order chi connectivity index (χ0) is 30.0. The molecule has 0 fully saturated rings. The van der Waals surface area contributed by atoms with Gasteiger partial charge in [-0.3, -0.25) is 4.79 Å². The second-order valence-electron chi connectivity index (χ2n) is 8.87. The van der Waals surface area contributed by atoms with Gasteiger partial charge in [0.2, 0.25) is 5.91 Å². The molecule has 40 heavy (non-hydrogen) atoms. The van der Waals surface area contributed by atoms with Gasteiger partial charge in [0.05, 0.1) is 41.6 Å². The molecular weight excluding hydrogens is 563 g/mol. The van der Waals surface area contributed by atoms with Crippen molar-refractivity contribution < 1.29 is 58.7 Å². The highest BCUT2D eigenvalue weighted by Gasteiger charge is 2.39. The first-order chi connectivity index (χ1) is 18.4. The van der Waals surface area contributed by atoms with Crippen LogP contribution in [0.1, 0.15) is 60.5 Å². The Morgan fingerprint density at radius 3 is 1.98 bits per heavy atom. The normalized spacial score (nSPS) is 16.2. The van der Waals surface area contributed by atoms with Crippen molar-refractivity contribution in [1.82, 2.24) is 4.90 Å². The molecule has 0 aliphatic carbocycles. The molecule has 1 amide bonds. The monoisotopic (exact) mass is 586 g/mol. The molecule has 0 saturated carbocycles. The first-order valence-corrected chi connectivity index (χ1v) is 11.8. The van der Waals surface area contributed by atoms with E-state index in [9.17, 15) is 49.1 Å². The average Bonchev–Trinajstić information content (AvgIpc) is 2.99. The minimum atomic E-state index is -5.14. The molecule has 0 saturated heterocycles. The van der Waals surface area contributed by atoms with Gasteiger partial charge >= 0.3 is 24.7 Å². The summed E-state index contributed by atoms with van der Waals surface area (Å²) in [5, 5.41) is 0.970. The fourth-order valence-corrected chi connectivity index (χ4v) is 4.33. The molecule has 220 valence electrons. The first-order valence-electron chi connectivity index (χ1n) is 11.8. The summed E-state index contributed by atoms with van der Waals surface area (Å²) in [6, 6.07) is 2.02. The van der Waals surface area contributed by atoms with Gasteiger partial charge < -0.3 is 14.5 Å². The number of hydrogen-bond acceptors (Lipinski definition) is 5. The SMILES string of the molecule is CCOC(=O)ON1CCCC(N(Cc2cc(C(F)(F)F)cc(C(F)(F)F)c2)C(C)=O)c2cc(C(F)(F)F)ccc21. The van der Waals surface area contributed by atoms with Gasteiger partial charge in [0.15, 0.2) is 0 Å². The number of alkyl halides is 9. The molecule has 0 aromatic heterocycles. The Hall–Kier alpha value is -3.65. The fraction of sp³-hybridized carbons (Fsp3) is 0.440. The molecule has 0 spiro atoms. The molecule has 1 heterocycles. The van der Waals surface area contributed by atoms with Gasteiger partial charge in [0.1, 0.15) is 0 Å². The van der Waals surface area contributed by atoms with E-state index in [2.05, 4.69) is 0 Å². The highest BCUT2D eigenvalue weighted by molar-refractivity contribution is 5.75. The maximum absolute atomic E-state index is 13.6. The Labute approximate surface area is 222 Å². The number of hydrogen-bond donors (Lipinski definition) is 0. The average molecular weight is 586 g/mol. The van der Waals surface area contributed by atoms with Crippen LogP contribution >= 0.6 is 0 Å². The summed E-state index contributed by atoms with van der Waals surface area (Å²) in [6.07, 6.45) is -16.2. The lowest BCUT2D eigenvalue weighted by atomic mass is 9.96. The van der Waals surface area contributed by atoms with Gasteiger partial charge in [-0.05, 0) is 61.7 Å². The van der Waals surface area contributed by atoms with E-state index < -0.39 is 65.4 Å². The largest absolute Gasteiger partial charge is 0.533 e. The quantitative estimate of drug-likeness (QED) is 0.268. The molecule has 1 atom stereocenters. The van der Waals surface area contributed by atoms with E-state index in [1.54, 1.807) is 0 Å². The molecule has 6 nitrogen and oxygen atoms in total. The van der Waals surface area contributed by atoms with E-state index in [1.807, 2.05) is 0 Å². The summed E-state index contributed by atoms with van der Waals surface area (Å²) in [6.45, 7) is 1.59. The van der Waals surface area contributed by atoms with Crippen molar-refractivity contribution in [3.8, 4) is 0 Å². The third-order valence-corrected chi connectivity index (χ3v) is 6.05. The van der Waals surface area contributed by atoms with Crippen molar-refractivity contribution in [1.29, 1.82) is 0 Å². The van der Waals surface area contributed by atoms with Crippen molar-refractivity contribution >= 4 is 17.7 Å². The molecule has 0 N–H and O–H groups in total. The summed E-state index contributed by atoms with van der Waals surface area (Å²) in [5.74, 6) is -0.820. The number of halogens is 9. The molecule has 3 rings (SSSR count). The van der Waals surface area contributed by atoms with E-state index in [0.717, 1.165) is 23.0 Å². The highest BCUT2D eigenvalue weighted by Crippen LogP contribution is 2.42. The second-order valence-corrected chi connectivity index (χ2v) is 8.87. The van der Waals surface area contributed by atoms with Crippen LogP contribution in [0, 0.1) is 0 Å². The highest BCUT2D eigenvalue weighted by atomic mass is 19.4. The molecular formula is C25H23F9N2O4. The van der Waals surface area contributed by atoms with Crippen LogP contribution in [0.2, 0.25) is 0 Å². The molecule has 1 aliphatic rings. The van der Waals surface area contributed by atoms with Crippen molar-refractivity contribution in [3.63, 3.8) is 0 Å². The maximum Gasteiger partial charge on any atom is 0.533 e. The van der Waals surface area contributed by atoms with Crippen LogP contribution in [0.5, 0.6) is 0 Å². The number of hydroxylamine groups is 1. The molecule has 0 radical (unpaired) electrons. The Kier molecular flexibility index (Phi) is 8.84. The van der Waals surface area contributed by atoms with Crippen LogP contribution in [-0.4, -0.2) is 30.1 Å². The number of carbonyl (C=O) groups excluding carboxylic acids is 2. The lowest BCUT2D eigenvalue weighted by Gasteiger charge is -2.33. The number of carbonyl (C=O) groups is 2. The number of amides is 1. The summed E-state index contributed by atoms with van der Waals surface area (Å²) in [4.78, 5) is 30.6.